The SMILES string of the molecule is ClCCc1nc2cccnc2n1CC1CCOC1. The van der Waals surface area contributed by atoms with E-state index in [9.17, 15) is 0 Å². The van der Waals surface area contributed by atoms with Crippen molar-refractivity contribution in [2.24, 2.45) is 5.92 Å². The second-order valence-electron chi connectivity index (χ2n) is 4.65. The van der Waals surface area contributed by atoms with Crippen LogP contribution in [0.5, 0.6) is 0 Å². The Morgan fingerprint density at radius 3 is 3.22 bits per heavy atom. The first-order valence-electron chi connectivity index (χ1n) is 6.32. The molecule has 1 fully saturated rings. The molecule has 18 heavy (non-hydrogen) atoms. The van der Waals surface area contributed by atoms with E-state index in [0.717, 1.165) is 49.6 Å². The molecule has 2 aromatic heterocycles. The zero-order valence-electron chi connectivity index (χ0n) is 10.2. The van der Waals surface area contributed by atoms with Gasteiger partial charge in [-0.25, -0.2) is 9.97 Å². The van der Waals surface area contributed by atoms with Crippen LogP contribution in [0.2, 0.25) is 0 Å². The van der Waals surface area contributed by atoms with Crippen LogP contribution >= 0.6 is 11.6 Å². The van der Waals surface area contributed by atoms with Crippen molar-refractivity contribution in [3.05, 3.63) is 24.2 Å². The van der Waals surface area contributed by atoms with E-state index in [-0.39, 0.29) is 0 Å². The van der Waals surface area contributed by atoms with Gasteiger partial charge >= 0.3 is 0 Å². The van der Waals surface area contributed by atoms with Gasteiger partial charge in [-0.1, -0.05) is 0 Å². The molecule has 4 nitrogen and oxygen atoms in total. The van der Waals surface area contributed by atoms with Crippen molar-refractivity contribution in [1.29, 1.82) is 0 Å². The molecule has 3 rings (SSSR count). The van der Waals surface area contributed by atoms with E-state index >= 15 is 0 Å². The van der Waals surface area contributed by atoms with Gasteiger partial charge in [-0.15, -0.1) is 11.6 Å². The first-order chi connectivity index (χ1) is 8.88. The van der Waals surface area contributed by atoms with Crippen LogP contribution in [0.1, 0.15) is 12.2 Å². The van der Waals surface area contributed by atoms with Gasteiger partial charge in [0, 0.05) is 37.6 Å². The molecule has 3 heterocycles. The number of halogens is 1. The van der Waals surface area contributed by atoms with Crippen molar-refractivity contribution in [3.8, 4) is 0 Å². The maximum Gasteiger partial charge on any atom is 0.159 e. The van der Waals surface area contributed by atoms with Crippen LogP contribution in [0.25, 0.3) is 11.2 Å². The Balaban J connectivity index is 1.97. The quantitative estimate of drug-likeness (QED) is 0.796. The number of hydrogen-bond donors (Lipinski definition) is 0. The smallest absolute Gasteiger partial charge is 0.159 e. The predicted octanol–water partition coefficient (Wildman–Crippen LogP) is 2.25. The Morgan fingerprint density at radius 2 is 2.44 bits per heavy atom. The van der Waals surface area contributed by atoms with E-state index in [1.807, 2.05) is 18.3 Å². The van der Waals surface area contributed by atoms with E-state index in [4.69, 9.17) is 16.3 Å². The van der Waals surface area contributed by atoms with Crippen molar-refractivity contribution in [2.75, 3.05) is 19.1 Å². The fourth-order valence-corrected chi connectivity index (χ4v) is 2.63. The molecule has 0 aromatic carbocycles. The molecule has 1 atom stereocenters. The second kappa shape index (κ2) is 5.24. The lowest BCUT2D eigenvalue weighted by Crippen LogP contribution is -2.14. The Kier molecular flexibility index (Phi) is 3.48. The minimum absolute atomic E-state index is 0.568. The summed E-state index contributed by atoms with van der Waals surface area (Å²) in [4.78, 5) is 9.06. The van der Waals surface area contributed by atoms with Gasteiger partial charge in [-0.05, 0) is 18.6 Å². The number of fused-ring (bicyclic) bond motifs is 1. The van der Waals surface area contributed by atoms with Crippen LogP contribution in [-0.4, -0.2) is 33.6 Å². The molecule has 0 aliphatic carbocycles. The van der Waals surface area contributed by atoms with Gasteiger partial charge in [-0.2, -0.15) is 0 Å². The molecule has 0 radical (unpaired) electrons. The molecule has 1 unspecified atom stereocenters. The summed E-state index contributed by atoms with van der Waals surface area (Å²) in [5.41, 5.74) is 1.92. The first-order valence-corrected chi connectivity index (χ1v) is 6.86. The van der Waals surface area contributed by atoms with Crippen molar-refractivity contribution in [3.63, 3.8) is 0 Å². The number of nitrogens with zero attached hydrogens (tertiary/aromatic N) is 3. The zero-order valence-corrected chi connectivity index (χ0v) is 10.9. The van der Waals surface area contributed by atoms with Gasteiger partial charge in [-0.3, -0.25) is 0 Å². The van der Waals surface area contributed by atoms with Crippen LogP contribution in [-0.2, 0) is 17.7 Å². The van der Waals surface area contributed by atoms with Crippen molar-refractivity contribution < 1.29 is 4.74 Å². The highest BCUT2D eigenvalue weighted by molar-refractivity contribution is 6.17. The zero-order chi connectivity index (χ0) is 12.4. The molecule has 0 spiro atoms. The molecule has 0 saturated carbocycles. The number of aromatic nitrogens is 3. The standard InChI is InChI=1S/C13H16ClN3O/c14-5-3-12-16-11-2-1-6-15-13(11)17(12)8-10-4-7-18-9-10/h1-2,6,10H,3-5,7-9H2. The number of alkyl halides is 1. The van der Waals surface area contributed by atoms with Crippen LogP contribution < -0.4 is 0 Å². The second-order valence-corrected chi connectivity index (χ2v) is 5.03. The molecule has 2 aromatic rings. The number of hydrogen-bond acceptors (Lipinski definition) is 3. The third-order valence-electron chi connectivity index (χ3n) is 3.37. The largest absolute Gasteiger partial charge is 0.381 e. The minimum atomic E-state index is 0.568. The fourth-order valence-electron chi connectivity index (χ4n) is 2.46. The van der Waals surface area contributed by atoms with Gasteiger partial charge < -0.3 is 9.30 Å². The summed E-state index contributed by atoms with van der Waals surface area (Å²) in [6, 6.07) is 3.92. The Labute approximate surface area is 111 Å². The Bertz CT molecular complexity index is 534. The van der Waals surface area contributed by atoms with Gasteiger partial charge in [0.1, 0.15) is 11.3 Å². The lowest BCUT2D eigenvalue weighted by atomic mass is 10.1. The third-order valence-corrected chi connectivity index (χ3v) is 3.55. The average Bonchev–Trinajstić information content (AvgIpc) is 3.00. The topological polar surface area (TPSA) is 39.9 Å². The average molecular weight is 266 g/mol. The van der Waals surface area contributed by atoms with Gasteiger partial charge in [0.05, 0.1) is 6.61 Å². The van der Waals surface area contributed by atoms with E-state index in [0.29, 0.717) is 11.8 Å². The number of pyridine rings is 1. The highest BCUT2D eigenvalue weighted by atomic mass is 35.5. The Morgan fingerprint density at radius 1 is 1.50 bits per heavy atom. The van der Waals surface area contributed by atoms with Gasteiger partial charge in [0.15, 0.2) is 5.65 Å². The molecular formula is C13H16ClN3O. The molecule has 1 saturated heterocycles. The maximum absolute atomic E-state index is 5.85. The molecule has 1 aliphatic rings. The summed E-state index contributed by atoms with van der Waals surface area (Å²) in [6.07, 6.45) is 3.72. The number of rotatable bonds is 4. The molecule has 96 valence electrons. The fraction of sp³-hybridized carbons (Fsp3) is 0.538. The molecular weight excluding hydrogens is 250 g/mol. The van der Waals surface area contributed by atoms with Crippen molar-refractivity contribution in [1.82, 2.24) is 14.5 Å². The van der Waals surface area contributed by atoms with Crippen LogP contribution in [0.3, 0.4) is 0 Å². The normalized spacial score (nSPS) is 19.7. The molecule has 0 N–H and O–H groups in total. The van der Waals surface area contributed by atoms with Crippen LogP contribution in [0.4, 0.5) is 0 Å². The summed E-state index contributed by atoms with van der Waals surface area (Å²) in [6.45, 7) is 2.64. The summed E-state index contributed by atoms with van der Waals surface area (Å²) in [7, 11) is 0. The third kappa shape index (κ3) is 2.22. The predicted molar refractivity (Wildman–Crippen MR) is 70.9 cm³/mol. The molecule has 0 amide bonds. The van der Waals surface area contributed by atoms with Crippen LogP contribution in [0, 0.1) is 5.92 Å². The Hall–Kier alpha value is -1.13. The summed E-state index contributed by atoms with van der Waals surface area (Å²) in [5.74, 6) is 2.19. The number of ether oxygens (including phenoxy) is 1. The monoisotopic (exact) mass is 265 g/mol. The summed E-state index contributed by atoms with van der Waals surface area (Å²) < 4.78 is 7.64. The van der Waals surface area contributed by atoms with Gasteiger partial charge in [0.2, 0.25) is 0 Å². The van der Waals surface area contributed by atoms with Crippen LogP contribution in [0.15, 0.2) is 18.3 Å². The number of aryl methyl sites for hydroxylation is 1. The lowest BCUT2D eigenvalue weighted by molar-refractivity contribution is 0.182. The van der Waals surface area contributed by atoms with E-state index in [1.165, 1.54) is 0 Å². The maximum atomic E-state index is 5.85. The van der Waals surface area contributed by atoms with E-state index < -0.39 is 0 Å². The highest BCUT2D eigenvalue weighted by Crippen LogP contribution is 2.20. The van der Waals surface area contributed by atoms with Gasteiger partial charge in [0.25, 0.3) is 0 Å². The first kappa shape index (κ1) is 11.9. The number of imidazole rings is 1. The van der Waals surface area contributed by atoms with Crippen molar-refractivity contribution in [2.45, 2.75) is 19.4 Å². The molecule has 1 aliphatic heterocycles. The van der Waals surface area contributed by atoms with E-state index in [1.54, 1.807) is 0 Å². The summed E-state index contributed by atoms with van der Waals surface area (Å²) in [5, 5.41) is 0. The highest BCUT2D eigenvalue weighted by Gasteiger charge is 2.19. The lowest BCUT2D eigenvalue weighted by Gasteiger charge is -2.12. The molecule has 5 heteroatoms. The van der Waals surface area contributed by atoms with Crippen molar-refractivity contribution >= 4 is 22.8 Å². The molecule has 0 bridgehead atoms. The summed E-state index contributed by atoms with van der Waals surface area (Å²) >= 11 is 5.85. The van der Waals surface area contributed by atoms with E-state index in [2.05, 4.69) is 14.5 Å². The minimum Gasteiger partial charge on any atom is -0.381 e.